The van der Waals surface area contributed by atoms with Gasteiger partial charge < -0.3 is 21.1 Å². The molecule has 0 spiro atoms. The van der Waals surface area contributed by atoms with E-state index in [4.69, 9.17) is 14.8 Å². The van der Waals surface area contributed by atoms with Crippen molar-refractivity contribution in [2.24, 2.45) is 5.73 Å². The summed E-state index contributed by atoms with van der Waals surface area (Å²) < 4.78 is 22.2. The van der Waals surface area contributed by atoms with Gasteiger partial charge >= 0.3 is 7.82 Å². The molecule has 0 radical (unpaired) electrons. The summed E-state index contributed by atoms with van der Waals surface area (Å²) in [5.74, 6) is -0.189. The molecule has 1 amide bonds. The minimum Gasteiger partial charge on any atom is -0.387 e. The third-order valence-corrected chi connectivity index (χ3v) is 12.1. The van der Waals surface area contributed by atoms with Crippen molar-refractivity contribution in [2.75, 3.05) is 19.8 Å². The summed E-state index contributed by atoms with van der Waals surface area (Å²) in [5, 5.41) is 13.7. The van der Waals surface area contributed by atoms with Crippen LogP contribution in [0.1, 0.15) is 251 Å². The SMILES string of the molecule is CCCCCCCCCCCCCC/C=C/[C@@H](O)[C@H](COP(=O)(O)OCCN)NC(=O)CCCCCCCCCCCCCCCCCCCCCCCCC. The summed E-state index contributed by atoms with van der Waals surface area (Å²) in [6, 6.07) is -0.854. The van der Waals surface area contributed by atoms with Gasteiger partial charge in [-0.2, -0.15) is 0 Å². The number of rotatable bonds is 46. The maximum atomic E-state index is 12.8. The average Bonchev–Trinajstić information content (AvgIpc) is 3.19. The summed E-state index contributed by atoms with van der Waals surface area (Å²) >= 11 is 0. The molecule has 0 aliphatic heterocycles. The second-order valence-corrected chi connectivity index (χ2v) is 18.1. The lowest BCUT2D eigenvalue weighted by molar-refractivity contribution is -0.123. The van der Waals surface area contributed by atoms with Gasteiger partial charge in [0.1, 0.15) is 0 Å². The number of amides is 1. The summed E-state index contributed by atoms with van der Waals surface area (Å²) in [6.07, 6.45) is 49.9. The van der Waals surface area contributed by atoms with Crippen molar-refractivity contribution in [2.45, 2.75) is 264 Å². The predicted molar refractivity (Wildman–Crippen MR) is 240 cm³/mol. The molecule has 0 aromatic carbocycles. The van der Waals surface area contributed by atoms with Gasteiger partial charge in [-0.1, -0.05) is 238 Å². The number of phosphoric acid groups is 1. The van der Waals surface area contributed by atoms with Gasteiger partial charge in [0, 0.05) is 13.0 Å². The van der Waals surface area contributed by atoms with Crippen LogP contribution in [0, 0.1) is 0 Å². The first-order valence-electron chi connectivity index (χ1n) is 24.3. The Balaban J connectivity index is 4.03. The largest absolute Gasteiger partial charge is 0.472 e. The molecule has 56 heavy (non-hydrogen) atoms. The number of carbonyl (C=O) groups is 1. The number of unbranched alkanes of at least 4 members (excludes halogenated alkanes) is 34. The highest BCUT2D eigenvalue weighted by Crippen LogP contribution is 2.43. The molecule has 0 aliphatic carbocycles. The van der Waals surface area contributed by atoms with Crippen LogP contribution in [0.4, 0.5) is 0 Å². The van der Waals surface area contributed by atoms with Crippen LogP contribution in [0.3, 0.4) is 0 Å². The van der Waals surface area contributed by atoms with Gasteiger partial charge in [-0.25, -0.2) is 4.57 Å². The lowest BCUT2D eigenvalue weighted by Crippen LogP contribution is -2.45. The zero-order valence-electron chi connectivity index (χ0n) is 37.1. The Bertz CT molecular complexity index is 891. The number of hydrogen-bond donors (Lipinski definition) is 4. The Hall–Kier alpha value is -0.760. The van der Waals surface area contributed by atoms with E-state index >= 15 is 0 Å². The van der Waals surface area contributed by atoms with Crippen LogP contribution in [0.5, 0.6) is 0 Å². The molecular formula is C47H95N2O6P. The maximum Gasteiger partial charge on any atom is 0.472 e. The van der Waals surface area contributed by atoms with Crippen LogP contribution in [0.25, 0.3) is 0 Å². The standard InChI is InChI=1S/C47H95N2O6P/c1-3-5-7-9-11-13-15-17-19-20-21-22-23-24-25-26-27-29-31-33-35-37-39-41-47(51)49-45(44-55-56(52,53)54-43-42-48)46(50)40-38-36-34-32-30-28-18-16-14-12-10-8-6-4-2/h38,40,45-46,50H,3-37,39,41-44,48H2,1-2H3,(H,49,51)(H,52,53)/b40-38+/t45-,46+/m0/s1. The Kier molecular flexibility index (Phi) is 43.2. The lowest BCUT2D eigenvalue weighted by atomic mass is 10.0. The molecule has 5 N–H and O–H groups in total. The van der Waals surface area contributed by atoms with E-state index in [1.165, 1.54) is 193 Å². The molecule has 0 aliphatic rings. The summed E-state index contributed by atoms with van der Waals surface area (Å²) in [4.78, 5) is 22.8. The van der Waals surface area contributed by atoms with Gasteiger partial charge in [0.2, 0.25) is 5.91 Å². The third-order valence-electron chi connectivity index (χ3n) is 11.1. The first kappa shape index (κ1) is 55.2. The molecule has 0 fully saturated rings. The molecular weight excluding hydrogens is 719 g/mol. The highest BCUT2D eigenvalue weighted by molar-refractivity contribution is 7.47. The average molecular weight is 815 g/mol. The van der Waals surface area contributed by atoms with Crippen LogP contribution in [0.2, 0.25) is 0 Å². The van der Waals surface area contributed by atoms with E-state index in [9.17, 15) is 19.4 Å². The van der Waals surface area contributed by atoms with Gasteiger partial charge in [0.25, 0.3) is 0 Å². The number of hydrogen-bond acceptors (Lipinski definition) is 6. The molecule has 334 valence electrons. The molecule has 0 rings (SSSR count). The molecule has 0 aromatic heterocycles. The van der Waals surface area contributed by atoms with Gasteiger partial charge in [0.15, 0.2) is 0 Å². The number of aliphatic hydroxyl groups excluding tert-OH is 1. The number of aliphatic hydroxyl groups is 1. The molecule has 1 unspecified atom stereocenters. The molecule has 0 aromatic rings. The van der Waals surface area contributed by atoms with Gasteiger partial charge in [-0.15, -0.1) is 0 Å². The molecule has 0 saturated carbocycles. The smallest absolute Gasteiger partial charge is 0.387 e. The molecule has 0 bridgehead atoms. The molecule has 3 atom stereocenters. The van der Waals surface area contributed by atoms with Crippen molar-refractivity contribution in [3.63, 3.8) is 0 Å². The third kappa shape index (κ3) is 41.4. The van der Waals surface area contributed by atoms with Crippen molar-refractivity contribution in [3.05, 3.63) is 12.2 Å². The second-order valence-electron chi connectivity index (χ2n) is 16.7. The second kappa shape index (κ2) is 43.8. The topological polar surface area (TPSA) is 131 Å². The number of nitrogens with one attached hydrogen (secondary N) is 1. The molecule has 8 nitrogen and oxygen atoms in total. The van der Waals surface area contributed by atoms with Crippen LogP contribution >= 0.6 is 7.82 Å². The van der Waals surface area contributed by atoms with Crippen LogP contribution in [-0.4, -0.2) is 47.8 Å². The molecule has 0 saturated heterocycles. The Morgan fingerprint density at radius 1 is 0.571 bits per heavy atom. The highest BCUT2D eigenvalue weighted by Gasteiger charge is 2.26. The van der Waals surface area contributed by atoms with E-state index in [2.05, 4.69) is 19.2 Å². The Morgan fingerprint density at radius 2 is 0.911 bits per heavy atom. The van der Waals surface area contributed by atoms with Gasteiger partial charge in [-0.05, 0) is 19.3 Å². The Morgan fingerprint density at radius 3 is 1.27 bits per heavy atom. The van der Waals surface area contributed by atoms with E-state index in [0.29, 0.717) is 6.42 Å². The van der Waals surface area contributed by atoms with E-state index in [0.717, 1.165) is 38.5 Å². The minimum atomic E-state index is -4.33. The van der Waals surface area contributed by atoms with E-state index in [-0.39, 0.29) is 25.7 Å². The summed E-state index contributed by atoms with van der Waals surface area (Å²) in [5.41, 5.74) is 5.38. The van der Waals surface area contributed by atoms with E-state index in [1.54, 1.807) is 6.08 Å². The quantitative estimate of drug-likeness (QED) is 0.0273. The summed E-state index contributed by atoms with van der Waals surface area (Å²) in [7, 11) is -4.33. The normalized spacial score (nSPS) is 14.0. The predicted octanol–water partition coefficient (Wildman–Crippen LogP) is 14.0. The summed E-state index contributed by atoms with van der Waals surface area (Å²) in [6.45, 7) is 4.17. The number of phosphoric ester groups is 1. The number of nitrogens with two attached hydrogens (primary N) is 1. The zero-order valence-corrected chi connectivity index (χ0v) is 38.0. The van der Waals surface area contributed by atoms with Crippen molar-refractivity contribution >= 4 is 13.7 Å². The van der Waals surface area contributed by atoms with Crippen LogP contribution in [0.15, 0.2) is 12.2 Å². The minimum absolute atomic E-state index is 0.0815. The first-order valence-corrected chi connectivity index (χ1v) is 25.8. The van der Waals surface area contributed by atoms with Gasteiger partial charge in [-0.3, -0.25) is 13.8 Å². The Labute approximate surface area is 347 Å². The maximum absolute atomic E-state index is 12.8. The fraction of sp³-hybridized carbons (Fsp3) is 0.936. The van der Waals surface area contributed by atoms with E-state index < -0.39 is 20.0 Å². The van der Waals surface area contributed by atoms with E-state index in [1.807, 2.05) is 6.08 Å². The lowest BCUT2D eigenvalue weighted by Gasteiger charge is -2.23. The van der Waals surface area contributed by atoms with Crippen LogP contribution < -0.4 is 11.1 Å². The van der Waals surface area contributed by atoms with Crippen LogP contribution in [-0.2, 0) is 18.4 Å². The van der Waals surface area contributed by atoms with Crippen molar-refractivity contribution in [1.29, 1.82) is 0 Å². The fourth-order valence-electron chi connectivity index (χ4n) is 7.43. The number of allylic oxidation sites excluding steroid dienone is 1. The first-order chi connectivity index (χ1) is 27.4. The monoisotopic (exact) mass is 815 g/mol. The van der Waals surface area contributed by atoms with Crippen molar-refractivity contribution in [3.8, 4) is 0 Å². The highest BCUT2D eigenvalue weighted by atomic mass is 31.2. The number of carbonyl (C=O) groups excluding carboxylic acids is 1. The fourth-order valence-corrected chi connectivity index (χ4v) is 8.19. The van der Waals surface area contributed by atoms with Crippen molar-refractivity contribution < 1.29 is 28.4 Å². The molecule has 9 heteroatoms. The zero-order chi connectivity index (χ0) is 41.1. The van der Waals surface area contributed by atoms with Gasteiger partial charge in [0.05, 0.1) is 25.4 Å². The molecule has 0 heterocycles. The van der Waals surface area contributed by atoms with Crippen molar-refractivity contribution in [1.82, 2.24) is 5.32 Å².